The minimum atomic E-state index is -0.339. The van der Waals surface area contributed by atoms with E-state index in [9.17, 15) is 10.1 Å². The molecular weight excluding hydrogens is 250 g/mol. The van der Waals surface area contributed by atoms with Gasteiger partial charge in [-0.2, -0.15) is 5.26 Å². The van der Waals surface area contributed by atoms with Crippen molar-refractivity contribution in [2.75, 3.05) is 0 Å². The second kappa shape index (κ2) is 4.63. The lowest BCUT2D eigenvalue weighted by Crippen LogP contribution is -2.19. The highest BCUT2D eigenvalue weighted by Gasteiger charge is 2.13. The fraction of sp³-hybridized carbons (Fsp3) is 0.0625. The molecule has 0 N–H and O–H groups in total. The van der Waals surface area contributed by atoms with Crippen LogP contribution in [0.5, 0.6) is 0 Å². The molecule has 1 aromatic carbocycles. The molecule has 0 unspecified atom stereocenters. The largest absolute Gasteiger partial charge is 0.276 e. The van der Waals surface area contributed by atoms with Crippen LogP contribution in [0, 0.1) is 18.3 Å². The van der Waals surface area contributed by atoms with E-state index in [1.165, 1.54) is 4.40 Å². The van der Waals surface area contributed by atoms with Crippen LogP contribution in [0.4, 0.5) is 0 Å². The molecule has 0 fully saturated rings. The molecule has 0 atom stereocenters. The van der Waals surface area contributed by atoms with Crippen molar-refractivity contribution in [3.63, 3.8) is 0 Å². The Labute approximate surface area is 115 Å². The van der Waals surface area contributed by atoms with E-state index in [-0.39, 0.29) is 11.1 Å². The van der Waals surface area contributed by atoms with Crippen molar-refractivity contribution >= 4 is 5.65 Å². The summed E-state index contributed by atoms with van der Waals surface area (Å²) in [6.45, 7) is 1.98. The van der Waals surface area contributed by atoms with E-state index in [1.807, 2.05) is 43.3 Å². The predicted molar refractivity (Wildman–Crippen MR) is 76.4 cm³/mol. The molecule has 3 aromatic rings. The second-order valence-electron chi connectivity index (χ2n) is 4.55. The minimum Gasteiger partial charge on any atom is -0.267 e. The van der Waals surface area contributed by atoms with Crippen LogP contribution in [0.15, 0.2) is 53.5 Å². The topological polar surface area (TPSA) is 58.2 Å². The van der Waals surface area contributed by atoms with Crippen LogP contribution in [0.25, 0.3) is 16.9 Å². The lowest BCUT2D eigenvalue weighted by atomic mass is 10.1. The number of benzene rings is 1. The zero-order valence-electron chi connectivity index (χ0n) is 10.9. The molecule has 0 aliphatic heterocycles. The monoisotopic (exact) mass is 261 g/mol. The first-order chi connectivity index (χ1) is 9.70. The van der Waals surface area contributed by atoms with Crippen LogP contribution in [-0.4, -0.2) is 9.38 Å². The summed E-state index contributed by atoms with van der Waals surface area (Å²) in [5.74, 6) is 0. The van der Waals surface area contributed by atoms with Crippen LogP contribution in [-0.2, 0) is 0 Å². The molecule has 2 heterocycles. The fourth-order valence-electron chi connectivity index (χ4n) is 2.11. The maximum atomic E-state index is 12.3. The van der Waals surface area contributed by atoms with Gasteiger partial charge in [0.15, 0.2) is 0 Å². The third-order valence-corrected chi connectivity index (χ3v) is 3.17. The van der Waals surface area contributed by atoms with Crippen molar-refractivity contribution in [1.29, 1.82) is 5.26 Å². The van der Waals surface area contributed by atoms with E-state index in [4.69, 9.17) is 0 Å². The van der Waals surface area contributed by atoms with E-state index in [0.29, 0.717) is 11.3 Å². The summed E-state index contributed by atoms with van der Waals surface area (Å²) >= 11 is 0. The molecule has 0 radical (unpaired) electrons. The van der Waals surface area contributed by atoms with Gasteiger partial charge in [-0.05, 0) is 19.1 Å². The Morgan fingerprint density at radius 3 is 2.60 bits per heavy atom. The SMILES string of the molecule is Cc1ccc(-c2nc3ccccn3c(=O)c2C#N)cc1. The van der Waals surface area contributed by atoms with Gasteiger partial charge in [-0.25, -0.2) is 4.98 Å². The molecule has 0 saturated heterocycles. The molecule has 4 heteroatoms. The van der Waals surface area contributed by atoms with Crippen molar-refractivity contribution in [3.05, 3.63) is 70.1 Å². The molecule has 20 heavy (non-hydrogen) atoms. The van der Waals surface area contributed by atoms with Crippen molar-refractivity contribution in [3.8, 4) is 17.3 Å². The number of hydrogen-bond donors (Lipinski definition) is 0. The first-order valence-corrected chi connectivity index (χ1v) is 6.19. The molecule has 0 amide bonds. The summed E-state index contributed by atoms with van der Waals surface area (Å²) in [6.07, 6.45) is 1.62. The highest BCUT2D eigenvalue weighted by atomic mass is 16.1. The summed E-state index contributed by atoms with van der Waals surface area (Å²) in [4.78, 5) is 16.8. The molecule has 0 aliphatic rings. The van der Waals surface area contributed by atoms with Crippen LogP contribution < -0.4 is 5.56 Å². The number of hydrogen-bond acceptors (Lipinski definition) is 3. The number of rotatable bonds is 1. The number of pyridine rings is 1. The first kappa shape index (κ1) is 12.1. The third-order valence-electron chi connectivity index (χ3n) is 3.17. The lowest BCUT2D eigenvalue weighted by Gasteiger charge is -2.06. The molecule has 0 spiro atoms. The van der Waals surface area contributed by atoms with Crippen LogP contribution in [0.3, 0.4) is 0 Å². The normalized spacial score (nSPS) is 10.4. The molecule has 0 aliphatic carbocycles. The zero-order valence-corrected chi connectivity index (χ0v) is 10.9. The number of aryl methyl sites for hydroxylation is 1. The van der Waals surface area contributed by atoms with Gasteiger partial charge in [-0.3, -0.25) is 9.20 Å². The summed E-state index contributed by atoms with van der Waals surface area (Å²) in [6, 6.07) is 14.9. The van der Waals surface area contributed by atoms with Crippen molar-refractivity contribution < 1.29 is 0 Å². The van der Waals surface area contributed by atoms with E-state index < -0.39 is 0 Å². The standard InChI is InChI=1S/C16H11N3O/c1-11-5-7-12(8-6-11)15-13(10-17)16(20)19-9-3-2-4-14(19)18-15/h2-9H,1H3. The highest BCUT2D eigenvalue weighted by Crippen LogP contribution is 2.20. The molecule has 0 saturated carbocycles. The average Bonchev–Trinajstić information content (AvgIpc) is 2.48. The summed E-state index contributed by atoms with van der Waals surface area (Å²) in [5, 5.41) is 9.27. The van der Waals surface area contributed by atoms with Crippen LogP contribution in [0.2, 0.25) is 0 Å². The fourth-order valence-corrected chi connectivity index (χ4v) is 2.11. The van der Waals surface area contributed by atoms with E-state index in [1.54, 1.807) is 18.3 Å². The van der Waals surface area contributed by atoms with E-state index in [0.717, 1.165) is 11.1 Å². The number of nitrogens with zero attached hydrogens (tertiary/aromatic N) is 3. The minimum absolute atomic E-state index is 0.0672. The maximum Gasteiger partial charge on any atom is 0.276 e. The lowest BCUT2D eigenvalue weighted by molar-refractivity contribution is 1.04. The van der Waals surface area contributed by atoms with Gasteiger partial charge >= 0.3 is 0 Å². The Bertz CT molecular complexity index is 886. The van der Waals surface area contributed by atoms with Gasteiger partial charge in [-0.1, -0.05) is 35.9 Å². The first-order valence-electron chi connectivity index (χ1n) is 6.19. The predicted octanol–water partition coefficient (Wildman–Crippen LogP) is 2.54. The molecule has 2 aromatic heterocycles. The molecular formula is C16H11N3O. The summed E-state index contributed by atoms with van der Waals surface area (Å²) in [7, 11) is 0. The van der Waals surface area contributed by atoms with Crippen molar-refractivity contribution in [2.24, 2.45) is 0 Å². The van der Waals surface area contributed by atoms with Gasteiger partial charge in [0.25, 0.3) is 5.56 Å². The van der Waals surface area contributed by atoms with Gasteiger partial charge in [0.2, 0.25) is 0 Å². The summed E-state index contributed by atoms with van der Waals surface area (Å²) in [5.41, 5.74) is 2.59. The van der Waals surface area contributed by atoms with Gasteiger partial charge in [0.05, 0.1) is 5.69 Å². The van der Waals surface area contributed by atoms with Crippen molar-refractivity contribution in [1.82, 2.24) is 9.38 Å². The Morgan fingerprint density at radius 2 is 1.90 bits per heavy atom. The van der Waals surface area contributed by atoms with Gasteiger partial charge < -0.3 is 0 Å². The smallest absolute Gasteiger partial charge is 0.267 e. The van der Waals surface area contributed by atoms with Gasteiger partial charge in [0.1, 0.15) is 17.3 Å². The Kier molecular flexibility index (Phi) is 2.81. The zero-order chi connectivity index (χ0) is 14.1. The maximum absolute atomic E-state index is 12.3. The van der Waals surface area contributed by atoms with Gasteiger partial charge in [0, 0.05) is 11.8 Å². The Balaban J connectivity index is 2.38. The number of nitriles is 1. The van der Waals surface area contributed by atoms with E-state index >= 15 is 0 Å². The second-order valence-corrected chi connectivity index (χ2v) is 4.55. The van der Waals surface area contributed by atoms with Crippen molar-refractivity contribution in [2.45, 2.75) is 6.92 Å². The molecule has 0 bridgehead atoms. The summed E-state index contributed by atoms with van der Waals surface area (Å²) < 4.78 is 1.39. The van der Waals surface area contributed by atoms with Gasteiger partial charge in [-0.15, -0.1) is 0 Å². The Hall–Kier alpha value is -2.93. The van der Waals surface area contributed by atoms with E-state index in [2.05, 4.69) is 4.98 Å². The van der Waals surface area contributed by atoms with Crippen LogP contribution >= 0.6 is 0 Å². The average molecular weight is 261 g/mol. The number of aromatic nitrogens is 2. The highest BCUT2D eigenvalue weighted by molar-refractivity contribution is 5.68. The number of fused-ring (bicyclic) bond motifs is 1. The molecule has 96 valence electrons. The molecule has 4 nitrogen and oxygen atoms in total. The third kappa shape index (κ3) is 1.86. The van der Waals surface area contributed by atoms with Crippen LogP contribution in [0.1, 0.15) is 11.1 Å². The molecule has 3 rings (SSSR count). The quantitative estimate of drug-likeness (QED) is 0.676. The Morgan fingerprint density at radius 1 is 1.15 bits per heavy atom.